The molecule has 122 valence electrons. The number of benzene rings is 2. The topological polar surface area (TPSA) is 46.9 Å². The van der Waals surface area contributed by atoms with Crippen LogP contribution in [0, 0.1) is 6.92 Å². The van der Waals surface area contributed by atoms with E-state index in [1.807, 2.05) is 66.2 Å². The van der Waals surface area contributed by atoms with Crippen LogP contribution >= 0.6 is 23.4 Å². The summed E-state index contributed by atoms with van der Waals surface area (Å²) in [5, 5.41) is 4.37. The molecule has 0 aliphatic heterocycles. The zero-order valence-electron chi connectivity index (χ0n) is 13.1. The minimum atomic E-state index is -0.0556. The molecule has 24 heavy (non-hydrogen) atoms. The van der Waals surface area contributed by atoms with Gasteiger partial charge in [0.25, 0.3) is 0 Å². The van der Waals surface area contributed by atoms with Crippen LogP contribution < -0.4 is 5.32 Å². The van der Waals surface area contributed by atoms with Gasteiger partial charge in [-0.25, -0.2) is 4.98 Å². The van der Waals surface area contributed by atoms with Crippen LogP contribution in [0.3, 0.4) is 0 Å². The van der Waals surface area contributed by atoms with Gasteiger partial charge >= 0.3 is 0 Å². The third-order valence-corrected chi connectivity index (χ3v) is 4.68. The molecule has 0 saturated carbocycles. The zero-order valence-corrected chi connectivity index (χ0v) is 14.6. The first kappa shape index (κ1) is 16.6. The molecule has 0 unspecified atom stereocenters. The molecule has 1 heterocycles. The molecule has 0 aliphatic carbocycles. The molecule has 1 N–H and O–H groups in total. The molecule has 2 aromatic carbocycles. The van der Waals surface area contributed by atoms with Crippen molar-refractivity contribution in [2.45, 2.75) is 12.1 Å². The third kappa shape index (κ3) is 3.99. The quantitative estimate of drug-likeness (QED) is 0.680. The maximum Gasteiger partial charge on any atom is 0.234 e. The highest BCUT2D eigenvalue weighted by molar-refractivity contribution is 7.99. The summed E-state index contributed by atoms with van der Waals surface area (Å²) in [6.07, 6.45) is 3.58. The van der Waals surface area contributed by atoms with Gasteiger partial charge in [-0.3, -0.25) is 9.36 Å². The summed E-state index contributed by atoms with van der Waals surface area (Å²) < 4.78 is 1.93. The number of nitrogens with zero attached hydrogens (tertiary/aromatic N) is 2. The number of aromatic nitrogens is 2. The summed E-state index contributed by atoms with van der Waals surface area (Å²) in [6, 6.07) is 15.2. The highest BCUT2D eigenvalue weighted by Crippen LogP contribution is 2.22. The first-order valence-corrected chi connectivity index (χ1v) is 8.77. The fourth-order valence-corrected chi connectivity index (χ4v) is 3.12. The van der Waals surface area contributed by atoms with Crippen LogP contribution in [0.25, 0.3) is 5.69 Å². The van der Waals surface area contributed by atoms with E-state index in [1.165, 1.54) is 11.8 Å². The van der Waals surface area contributed by atoms with E-state index in [4.69, 9.17) is 11.6 Å². The number of anilines is 1. The van der Waals surface area contributed by atoms with Gasteiger partial charge in [0.2, 0.25) is 5.91 Å². The Morgan fingerprint density at radius 1 is 1.21 bits per heavy atom. The monoisotopic (exact) mass is 357 g/mol. The second kappa shape index (κ2) is 7.55. The molecule has 1 aromatic heterocycles. The van der Waals surface area contributed by atoms with Gasteiger partial charge in [0.15, 0.2) is 5.16 Å². The van der Waals surface area contributed by atoms with Crippen molar-refractivity contribution in [1.29, 1.82) is 0 Å². The van der Waals surface area contributed by atoms with Gasteiger partial charge < -0.3 is 5.32 Å². The molecule has 0 fully saturated rings. The predicted octanol–water partition coefficient (Wildman–Crippen LogP) is 4.56. The van der Waals surface area contributed by atoms with E-state index in [9.17, 15) is 4.79 Å². The second-order valence-electron chi connectivity index (χ2n) is 5.21. The van der Waals surface area contributed by atoms with E-state index in [0.29, 0.717) is 10.8 Å². The van der Waals surface area contributed by atoms with Gasteiger partial charge in [-0.2, -0.15) is 0 Å². The molecule has 3 aromatic rings. The average Bonchev–Trinajstić information content (AvgIpc) is 3.04. The Balaban J connectivity index is 1.65. The Bertz CT molecular complexity index is 845. The maximum atomic E-state index is 12.2. The maximum absolute atomic E-state index is 12.2. The molecule has 0 radical (unpaired) electrons. The molecule has 6 heteroatoms. The smallest absolute Gasteiger partial charge is 0.234 e. The number of aryl methyl sites for hydroxylation is 1. The van der Waals surface area contributed by atoms with Crippen molar-refractivity contribution in [3.05, 3.63) is 71.5 Å². The zero-order chi connectivity index (χ0) is 16.9. The normalized spacial score (nSPS) is 10.6. The minimum Gasteiger partial charge on any atom is -0.325 e. The van der Waals surface area contributed by atoms with Crippen molar-refractivity contribution < 1.29 is 4.79 Å². The van der Waals surface area contributed by atoms with Gasteiger partial charge in [-0.1, -0.05) is 41.6 Å². The van der Waals surface area contributed by atoms with Crippen LogP contribution in [0.15, 0.2) is 66.1 Å². The number of nitrogens with one attached hydrogen (secondary N) is 1. The van der Waals surface area contributed by atoms with E-state index in [1.54, 1.807) is 6.20 Å². The molecule has 1 amide bonds. The highest BCUT2D eigenvalue weighted by Gasteiger charge is 2.10. The SMILES string of the molecule is Cc1ccccc1NC(=O)CSc1nccn1-c1ccc(Cl)cc1. The average molecular weight is 358 g/mol. The van der Waals surface area contributed by atoms with Crippen molar-refractivity contribution in [2.75, 3.05) is 11.1 Å². The largest absolute Gasteiger partial charge is 0.325 e. The van der Waals surface area contributed by atoms with Crippen molar-refractivity contribution in [2.24, 2.45) is 0 Å². The molecule has 0 saturated heterocycles. The van der Waals surface area contributed by atoms with Crippen LogP contribution in [-0.4, -0.2) is 21.2 Å². The van der Waals surface area contributed by atoms with Crippen LogP contribution in [0.2, 0.25) is 5.02 Å². The molecule has 0 atom stereocenters. The lowest BCUT2D eigenvalue weighted by Gasteiger charge is -2.09. The van der Waals surface area contributed by atoms with Crippen LogP contribution in [0.5, 0.6) is 0 Å². The fourth-order valence-electron chi connectivity index (χ4n) is 2.22. The van der Waals surface area contributed by atoms with Crippen molar-refractivity contribution in [1.82, 2.24) is 9.55 Å². The summed E-state index contributed by atoms with van der Waals surface area (Å²) in [5.74, 6) is 0.235. The van der Waals surface area contributed by atoms with E-state index >= 15 is 0 Å². The molecular formula is C18H16ClN3OS. The van der Waals surface area contributed by atoms with Crippen molar-refractivity contribution >= 4 is 35.0 Å². The Kier molecular flexibility index (Phi) is 5.23. The van der Waals surface area contributed by atoms with Gasteiger partial charge in [-0.05, 0) is 42.8 Å². The van der Waals surface area contributed by atoms with Crippen molar-refractivity contribution in [3.8, 4) is 5.69 Å². The van der Waals surface area contributed by atoms with Crippen LogP contribution in [0.1, 0.15) is 5.56 Å². The summed E-state index contributed by atoms with van der Waals surface area (Å²) in [5.41, 5.74) is 2.83. The Hall–Kier alpha value is -2.24. The van der Waals surface area contributed by atoms with E-state index in [-0.39, 0.29) is 5.91 Å². The third-order valence-electron chi connectivity index (χ3n) is 3.46. The number of hydrogen-bond donors (Lipinski definition) is 1. The number of amides is 1. The summed E-state index contributed by atoms with van der Waals surface area (Å²) >= 11 is 7.32. The molecular weight excluding hydrogens is 342 g/mol. The number of carbonyl (C=O) groups excluding carboxylic acids is 1. The predicted molar refractivity (Wildman–Crippen MR) is 99.1 cm³/mol. The highest BCUT2D eigenvalue weighted by atomic mass is 35.5. The number of hydrogen-bond acceptors (Lipinski definition) is 3. The molecule has 0 spiro atoms. The van der Waals surface area contributed by atoms with Gasteiger partial charge in [0, 0.05) is 28.8 Å². The summed E-state index contributed by atoms with van der Waals surface area (Å²) in [4.78, 5) is 16.5. The van der Waals surface area contributed by atoms with Crippen LogP contribution in [-0.2, 0) is 4.79 Å². The Morgan fingerprint density at radius 3 is 2.71 bits per heavy atom. The van der Waals surface area contributed by atoms with E-state index in [2.05, 4.69) is 10.3 Å². The second-order valence-corrected chi connectivity index (χ2v) is 6.59. The molecule has 3 rings (SSSR count). The molecule has 0 aliphatic rings. The Morgan fingerprint density at radius 2 is 1.96 bits per heavy atom. The van der Waals surface area contributed by atoms with E-state index in [0.717, 1.165) is 22.1 Å². The van der Waals surface area contributed by atoms with Crippen LogP contribution in [0.4, 0.5) is 5.69 Å². The number of halogens is 1. The Labute approximate surface area is 149 Å². The fraction of sp³-hybridized carbons (Fsp3) is 0.111. The van der Waals surface area contributed by atoms with Gasteiger partial charge in [0.05, 0.1) is 5.75 Å². The lowest BCUT2D eigenvalue weighted by Crippen LogP contribution is -2.15. The molecule has 0 bridgehead atoms. The summed E-state index contributed by atoms with van der Waals surface area (Å²) in [7, 11) is 0. The molecule has 4 nitrogen and oxygen atoms in total. The number of rotatable bonds is 5. The minimum absolute atomic E-state index is 0.0556. The number of para-hydroxylation sites is 1. The lowest BCUT2D eigenvalue weighted by atomic mass is 10.2. The number of imidazole rings is 1. The van der Waals surface area contributed by atoms with E-state index < -0.39 is 0 Å². The standard InChI is InChI=1S/C18H16ClN3OS/c1-13-4-2-3-5-16(13)21-17(23)12-24-18-20-10-11-22(18)15-8-6-14(19)7-9-15/h2-11H,12H2,1H3,(H,21,23). The first-order valence-electron chi connectivity index (χ1n) is 7.41. The van der Waals surface area contributed by atoms with Crippen molar-refractivity contribution in [3.63, 3.8) is 0 Å². The number of carbonyl (C=O) groups is 1. The first-order chi connectivity index (χ1) is 11.6. The lowest BCUT2D eigenvalue weighted by molar-refractivity contribution is -0.113. The van der Waals surface area contributed by atoms with Gasteiger partial charge in [0.1, 0.15) is 0 Å². The summed E-state index contributed by atoms with van der Waals surface area (Å²) in [6.45, 7) is 1.97. The van der Waals surface area contributed by atoms with Gasteiger partial charge in [-0.15, -0.1) is 0 Å². The number of thioether (sulfide) groups is 1.